The van der Waals surface area contributed by atoms with Gasteiger partial charge in [0.25, 0.3) is 0 Å². The first kappa shape index (κ1) is 11.0. The minimum atomic E-state index is -0.634. The molecule has 0 fully saturated rings. The summed E-state index contributed by atoms with van der Waals surface area (Å²) in [6, 6.07) is 6.86. The largest absolute Gasteiger partial charge is 0.505 e. The van der Waals surface area contributed by atoms with Gasteiger partial charge in [-0.25, -0.2) is 4.79 Å². The standard InChI is InChI=1S/C12H10N2O3/c1-2-17-12(16)10-11(15)8-5-3-4-7(6-13)9(8)14-10/h3-5,14-15H,2H2,1H3. The molecule has 0 radical (unpaired) electrons. The number of ether oxygens (including phenoxy) is 1. The monoisotopic (exact) mass is 230 g/mol. The van der Waals surface area contributed by atoms with E-state index in [0.29, 0.717) is 16.5 Å². The van der Waals surface area contributed by atoms with E-state index in [1.54, 1.807) is 25.1 Å². The molecular formula is C12H10N2O3. The number of carbonyl (C=O) groups excluding carboxylic acids is 1. The Balaban J connectivity index is 2.65. The van der Waals surface area contributed by atoms with Gasteiger partial charge in [0.15, 0.2) is 11.4 Å². The molecule has 1 aromatic heterocycles. The molecule has 0 bridgehead atoms. The van der Waals surface area contributed by atoms with E-state index < -0.39 is 5.97 Å². The molecule has 0 aliphatic carbocycles. The molecule has 0 spiro atoms. The number of carbonyl (C=O) groups is 1. The first-order chi connectivity index (χ1) is 8.19. The second kappa shape index (κ2) is 4.18. The summed E-state index contributed by atoms with van der Waals surface area (Å²) in [5, 5.41) is 19.2. The molecule has 2 N–H and O–H groups in total. The second-order valence-corrected chi connectivity index (χ2v) is 3.41. The maximum absolute atomic E-state index is 11.5. The maximum Gasteiger partial charge on any atom is 0.358 e. The number of H-pyrrole nitrogens is 1. The zero-order valence-electron chi connectivity index (χ0n) is 9.15. The summed E-state index contributed by atoms with van der Waals surface area (Å²) in [5.74, 6) is -0.819. The molecule has 86 valence electrons. The lowest BCUT2D eigenvalue weighted by Crippen LogP contribution is -2.04. The number of hydrogen-bond donors (Lipinski definition) is 2. The number of aromatic hydroxyl groups is 1. The van der Waals surface area contributed by atoms with E-state index in [2.05, 4.69) is 4.98 Å². The second-order valence-electron chi connectivity index (χ2n) is 3.41. The highest BCUT2D eigenvalue weighted by molar-refractivity contribution is 6.02. The number of nitrogens with one attached hydrogen (secondary N) is 1. The van der Waals surface area contributed by atoms with Crippen LogP contribution in [0.5, 0.6) is 5.75 Å². The smallest absolute Gasteiger partial charge is 0.358 e. The highest BCUT2D eigenvalue weighted by atomic mass is 16.5. The molecule has 0 saturated heterocycles. The van der Waals surface area contributed by atoms with Crippen molar-refractivity contribution < 1.29 is 14.6 Å². The number of para-hydroxylation sites is 1. The fraction of sp³-hybridized carbons (Fsp3) is 0.167. The summed E-state index contributed by atoms with van der Waals surface area (Å²) in [4.78, 5) is 14.3. The third kappa shape index (κ3) is 1.70. The molecule has 1 heterocycles. The molecular weight excluding hydrogens is 220 g/mol. The van der Waals surface area contributed by atoms with Crippen molar-refractivity contribution in [2.45, 2.75) is 6.92 Å². The molecule has 5 nitrogen and oxygen atoms in total. The van der Waals surface area contributed by atoms with Gasteiger partial charge in [0.2, 0.25) is 0 Å². The zero-order valence-corrected chi connectivity index (χ0v) is 9.15. The minimum absolute atomic E-state index is 0.0236. The summed E-state index contributed by atoms with van der Waals surface area (Å²) in [7, 11) is 0. The lowest BCUT2D eigenvalue weighted by Gasteiger charge is -1.98. The number of aromatic amines is 1. The molecule has 2 rings (SSSR count). The Kier molecular flexibility index (Phi) is 2.71. The summed E-state index contributed by atoms with van der Waals surface area (Å²) in [6.45, 7) is 1.90. The van der Waals surface area contributed by atoms with Gasteiger partial charge in [0.1, 0.15) is 6.07 Å². The van der Waals surface area contributed by atoms with Gasteiger partial charge < -0.3 is 14.8 Å². The number of nitrogens with zero attached hydrogens (tertiary/aromatic N) is 1. The van der Waals surface area contributed by atoms with E-state index in [0.717, 1.165) is 0 Å². The molecule has 5 heteroatoms. The number of hydrogen-bond acceptors (Lipinski definition) is 4. The van der Waals surface area contributed by atoms with Crippen molar-refractivity contribution in [3.8, 4) is 11.8 Å². The van der Waals surface area contributed by atoms with E-state index in [1.807, 2.05) is 6.07 Å². The van der Waals surface area contributed by atoms with Crippen LogP contribution in [0, 0.1) is 11.3 Å². The third-order valence-electron chi connectivity index (χ3n) is 2.41. The SMILES string of the molecule is CCOC(=O)c1[nH]c2c(C#N)cccc2c1O. The average Bonchev–Trinajstić information content (AvgIpc) is 2.67. The van der Waals surface area contributed by atoms with Crippen LogP contribution < -0.4 is 0 Å². The maximum atomic E-state index is 11.5. The van der Waals surface area contributed by atoms with Crippen LogP contribution in [0.3, 0.4) is 0 Å². The summed E-state index contributed by atoms with van der Waals surface area (Å²) in [6.07, 6.45) is 0. The molecule has 0 unspecified atom stereocenters. The molecule has 0 amide bonds. The highest BCUT2D eigenvalue weighted by Gasteiger charge is 2.19. The quantitative estimate of drug-likeness (QED) is 0.771. The molecule has 0 aliphatic rings. The third-order valence-corrected chi connectivity index (χ3v) is 2.41. The van der Waals surface area contributed by atoms with Crippen LogP contribution in [0.1, 0.15) is 23.0 Å². The van der Waals surface area contributed by atoms with E-state index in [-0.39, 0.29) is 18.1 Å². The summed E-state index contributed by atoms with van der Waals surface area (Å²) >= 11 is 0. The fourth-order valence-corrected chi connectivity index (χ4v) is 1.65. The Morgan fingerprint density at radius 1 is 1.59 bits per heavy atom. The highest BCUT2D eigenvalue weighted by Crippen LogP contribution is 2.30. The average molecular weight is 230 g/mol. The van der Waals surface area contributed by atoms with Gasteiger partial charge in [-0.3, -0.25) is 0 Å². The van der Waals surface area contributed by atoms with Crippen LogP contribution in [0.4, 0.5) is 0 Å². The first-order valence-corrected chi connectivity index (χ1v) is 5.10. The predicted molar refractivity (Wildman–Crippen MR) is 60.6 cm³/mol. The Bertz CT molecular complexity index is 622. The van der Waals surface area contributed by atoms with Crippen molar-refractivity contribution in [2.24, 2.45) is 0 Å². The summed E-state index contributed by atoms with van der Waals surface area (Å²) < 4.78 is 4.80. The Morgan fingerprint density at radius 2 is 2.35 bits per heavy atom. The van der Waals surface area contributed by atoms with Crippen molar-refractivity contribution in [1.82, 2.24) is 4.98 Å². The summed E-state index contributed by atoms with van der Waals surface area (Å²) in [5.41, 5.74) is 0.786. The number of nitriles is 1. The number of rotatable bonds is 2. The minimum Gasteiger partial charge on any atom is -0.505 e. The van der Waals surface area contributed by atoms with Crippen LogP contribution >= 0.6 is 0 Å². The zero-order chi connectivity index (χ0) is 12.4. The first-order valence-electron chi connectivity index (χ1n) is 5.10. The van der Waals surface area contributed by atoms with E-state index in [4.69, 9.17) is 10.00 Å². The van der Waals surface area contributed by atoms with Gasteiger partial charge in [-0.05, 0) is 19.1 Å². The Morgan fingerprint density at radius 3 is 3.00 bits per heavy atom. The number of esters is 1. The van der Waals surface area contributed by atoms with E-state index >= 15 is 0 Å². The molecule has 0 aliphatic heterocycles. The van der Waals surface area contributed by atoms with Gasteiger partial charge in [0.05, 0.1) is 17.7 Å². The Hall–Kier alpha value is -2.48. The van der Waals surface area contributed by atoms with Gasteiger partial charge in [0, 0.05) is 5.39 Å². The van der Waals surface area contributed by atoms with E-state index in [9.17, 15) is 9.90 Å². The number of fused-ring (bicyclic) bond motifs is 1. The Labute approximate surface area is 97.2 Å². The van der Waals surface area contributed by atoms with Crippen molar-refractivity contribution in [2.75, 3.05) is 6.61 Å². The topological polar surface area (TPSA) is 86.1 Å². The lowest BCUT2D eigenvalue weighted by atomic mass is 10.1. The predicted octanol–water partition coefficient (Wildman–Crippen LogP) is 1.92. The molecule has 2 aromatic rings. The molecule has 0 atom stereocenters. The normalized spacial score (nSPS) is 10.1. The van der Waals surface area contributed by atoms with Crippen molar-refractivity contribution >= 4 is 16.9 Å². The van der Waals surface area contributed by atoms with Crippen molar-refractivity contribution in [3.63, 3.8) is 0 Å². The van der Waals surface area contributed by atoms with Crippen LogP contribution in [0.15, 0.2) is 18.2 Å². The van der Waals surface area contributed by atoms with Crippen molar-refractivity contribution in [1.29, 1.82) is 5.26 Å². The van der Waals surface area contributed by atoms with Gasteiger partial charge >= 0.3 is 5.97 Å². The number of benzene rings is 1. The van der Waals surface area contributed by atoms with Gasteiger partial charge in [-0.15, -0.1) is 0 Å². The van der Waals surface area contributed by atoms with Crippen molar-refractivity contribution in [3.05, 3.63) is 29.5 Å². The van der Waals surface area contributed by atoms with Gasteiger partial charge in [-0.2, -0.15) is 5.26 Å². The van der Waals surface area contributed by atoms with Crippen LogP contribution in [-0.2, 0) is 4.74 Å². The number of aromatic nitrogens is 1. The van der Waals surface area contributed by atoms with E-state index in [1.165, 1.54) is 0 Å². The molecule has 1 aromatic carbocycles. The molecule has 17 heavy (non-hydrogen) atoms. The van der Waals surface area contributed by atoms with Crippen LogP contribution in [0.2, 0.25) is 0 Å². The van der Waals surface area contributed by atoms with Gasteiger partial charge in [-0.1, -0.05) is 6.07 Å². The van der Waals surface area contributed by atoms with Crippen LogP contribution in [0.25, 0.3) is 10.9 Å². The lowest BCUT2D eigenvalue weighted by molar-refractivity contribution is 0.0517. The fourth-order valence-electron chi connectivity index (χ4n) is 1.65. The molecule has 0 saturated carbocycles. The van der Waals surface area contributed by atoms with Crippen LogP contribution in [-0.4, -0.2) is 22.7 Å².